The summed E-state index contributed by atoms with van der Waals surface area (Å²) in [5.74, 6) is 1.02. The monoisotopic (exact) mass is 454 g/mol. The van der Waals surface area contributed by atoms with Crippen molar-refractivity contribution >= 4 is 21.6 Å². The molecular weight excluding hydrogens is 432 g/mol. The summed E-state index contributed by atoms with van der Waals surface area (Å²) in [5.41, 5.74) is 1.73. The summed E-state index contributed by atoms with van der Waals surface area (Å²) in [7, 11) is 0. The average molecular weight is 455 g/mol. The van der Waals surface area contributed by atoms with Crippen LogP contribution in [0.3, 0.4) is 0 Å². The van der Waals surface area contributed by atoms with E-state index in [9.17, 15) is 10.2 Å². The Morgan fingerprint density at radius 3 is 2.84 bits per heavy atom. The molecule has 166 valence electrons. The highest BCUT2D eigenvalue weighted by molar-refractivity contribution is 7.18. The van der Waals surface area contributed by atoms with E-state index in [0.717, 1.165) is 20.9 Å². The van der Waals surface area contributed by atoms with Gasteiger partial charge in [-0.05, 0) is 38.1 Å². The molecule has 4 unspecified atom stereocenters. The fourth-order valence-corrected chi connectivity index (χ4v) is 5.51. The molecule has 2 aliphatic heterocycles. The highest BCUT2D eigenvalue weighted by Gasteiger charge is 2.54. The zero-order valence-corrected chi connectivity index (χ0v) is 18.3. The van der Waals surface area contributed by atoms with E-state index in [2.05, 4.69) is 20.2 Å². The number of hydrogen-bond donors (Lipinski definition) is 2. The minimum absolute atomic E-state index is 0.139. The van der Waals surface area contributed by atoms with Crippen LogP contribution in [0.15, 0.2) is 36.7 Å². The van der Waals surface area contributed by atoms with E-state index < -0.39 is 36.6 Å². The SMILES string of the molecule is Cc1nc([C@@H]2OC3C(O)CO[C@@H]3C(n3cccn3)C2O)n(-c2ccc3nc(C)sc3c2)n1. The lowest BCUT2D eigenvalue weighted by molar-refractivity contribution is -0.196. The van der Waals surface area contributed by atoms with Gasteiger partial charge < -0.3 is 19.7 Å². The van der Waals surface area contributed by atoms with Gasteiger partial charge in [0.25, 0.3) is 0 Å². The van der Waals surface area contributed by atoms with Gasteiger partial charge in [0.2, 0.25) is 0 Å². The molecule has 5 heterocycles. The molecule has 2 aliphatic rings. The van der Waals surface area contributed by atoms with Gasteiger partial charge in [-0.2, -0.15) is 10.2 Å². The molecule has 11 heteroatoms. The Kier molecular flexibility index (Phi) is 4.63. The summed E-state index contributed by atoms with van der Waals surface area (Å²) in [6, 6.07) is 7.13. The fourth-order valence-electron chi connectivity index (χ4n) is 4.65. The number of ether oxygens (including phenoxy) is 2. The van der Waals surface area contributed by atoms with Crippen molar-refractivity contribution in [2.75, 3.05) is 6.61 Å². The van der Waals surface area contributed by atoms with Crippen LogP contribution in [-0.2, 0) is 9.47 Å². The van der Waals surface area contributed by atoms with Gasteiger partial charge in [-0.1, -0.05) is 0 Å². The number of fused-ring (bicyclic) bond motifs is 2. The van der Waals surface area contributed by atoms with E-state index in [1.54, 1.807) is 46.1 Å². The van der Waals surface area contributed by atoms with Crippen LogP contribution in [0.5, 0.6) is 0 Å². The smallest absolute Gasteiger partial charge is 0.164 e. The largest absolute Gasteiger partial charge is 0.388 e. The van der Waals surface area contributed by atoms with Gasteiger partial charge in [-0.25, -0.2) is 14.6 Å². The standard InChI is InChI=1S/C21H22N6O4S/c1-10-23-21(27(25-10)12-4-5-13-15(8-12)32-11(2)24-13)20-17(29)16(26-7-3-6-22-26)19-18(31-20)14(28)9-30-19/h3-8,14,16-20,28-29H,9H2,1-2H3/t14?,16?,17?,18?,19-,20-/m1/s1. The van der Waals surface area contributed by atoms with E-state index in [1.165, 1.54) is 0 Å². The van der Waals surface area contributed by atoms with Gasteiger partial charge in [0, 0.05) is 12.4 Å². The molecule has 6 rings (SSSR count). The maximum atomic E-state index is 11.4. The predicted octanol–water partition coefficient (Wildman–Crippen LogP) is 1.49. The maximum absolute atomic E-state index is 11.4. The lowest BCUT2D eigenvalue weighted by atomic mass is 9.91. The second-order valence-electron chi connectivity index (χ2n) is 8.17. The van der Waals surface area contributed by atoms with Gasteiger partial charge in [-0.3, -0.25) is 4.68 Å². The molecule has 0 saturated carbocycles. The van der Waals surface area contributed by atoms with Gasteiger partial charge in [0.1, 0.15) is 42.4 Å². The lowest BCUT2D eigenvalue weighted by Gasteiger charge is -2.41. The highest BCUT2D eigenvalue weighted by Crippen LogP contribution is 2.42. The third kappa shape index (κ3) is 3.08. The molecule has 2 N–H and O–H groups in total. The van der Waals surface area contributed by atoms with E-state index in [-0.39, 0.29) is 6.61 Å². The summed E-state index contributed by atoms with van der Waals surface area (Å²) in [4.78, 5) is 9.12. The van der Waals surface area contributed by atoms with Gasteiger partial charge in [0.05, 0.1) is 27.5 Å². The molecule has 0 amide bonds. The molecule has 2 saturated heterocycles. The predicted molar refractivity (Wildman–Crippen MR) is 115 cm³/mol. The fraction of sp³-hybridized carbons (Fsp3) is 0.429. The number of aryl methyl sites for hydroxylation is 2. The average Bonchev–Trinajstić information content (AvgIpc) is 3.54. The molecule has 0 aliphatic carbocycles. The number of aliphatic hydroxyl groups is 2. The molecule has 10 nitrogen and oxygen atoms in total. The first kappa shape index (κ1) is 19.9. The first-order chi connectivity index (χ1) is 15.5. The third-order valence-electron chi connectivity index (χ3n) is 6.01. The minimum atomic E-state index is -1.02. The number of hydrogen-bond acceptors (Lipinski definition) is 9. The van der Waals surface area contributed by atoms with E-state index in [1.807, 2.05) is 25.1 Å². The molecule has 0 bridgehead atoms. The van der Waals surface area contributed by atoms with Crippen molar-refractivity contribution in [3.05, 3.63) is 53.3 Å². The summed E-state index contributed by atoms with van der Waals surface area (Å²) in [5, 5.41) is 31.8. The normalized spacial score (nSPS) is 30.1. The number of nitrogens with zero attached hydrogens (tertiary/aromatic N) is 6. The second kappa shape index (κ2) is 7.42. The summed E-state index contributed by atoms with van der Waals surface area (Å²) < 4.78 is 16.4. The van der Waals surface area contributed by atoms with Gasteiger partial charge in [0.15, 0.2) is 5.82 Å². The Labute approximate surface area is 187 Å². The maximum Gasteiger partial charge on any atom is 0.164 e. The van der Waals surface area contributed by atoms with Crippen molar-refractivity contribution in [3.63, 3.8) is 0 Å². The second-order valence-corrected chi connectivity index (χ2v) is 9.40. The number of thiazole rings is 1. The van der Waals surface area contributed by atoms with Crippen LogP contribution < -0.4 is 0 Å². The Hall–Kier alpha value is -2.70. The van der Waals surface area contributed by atoms with Crippen LogP contribution in [0.4, 0.5) is 0 Å². The third-order valence-corrected chi connectivity index (χ3v) is 6.94. The van der Waals surface area contributed by atoms with Crippen LogP contribution in [0.1, 0.15) is 28.8 Å². The Balaban J connectivity index is 1.44. The molecule has 0 spiro atoms. The van der Waals surface area contributed by atoms with Gasteiger partial charge in [-0.15, -0.1) is 11.3 Å². The zero-order valence-electron chi connectivity index (χ0n) is 17.4. The van der Waals surface area contributed by atoms with E-state index in [0.29, 0.717) is 11.6 Å². The highest BCUT2D eigenvalue weighted by atomic mass is 32.1. The molecule has 32 heavy (non-hydrogen) atoms. The van der Waals surface area contributed by atoms with Crippen LogP contribution in [-0.4, -0.2) is 70.8 Å². The van der Waals surface area contributed by atoms with E-state index in [4.69, 9.17) is 9.47 Å². The molecule has 4 aromatic rings. The molecule has 3 aromatic heterocycles. The summed E-state index contributed by atoms with van der Waals surface area (Å²) in [6.45, 7) is 3.91. The van der Waals surface area contributed by atoms with Crippen molar-refractivity contribution in [3.8, 4) is 5.69 Å². The first-order valence-corrected chi connectivity index (χ1v) is 11.2. The van der Waals surface area contributed by atoms with Crippen molar-refractivity contribution in [2.24, 2.45) is 0 Å². The van der Waals surface area contributed by atoms with Crippen molar-refractivity contribution in [1.29, 1.82) is 0 Å². The quantitative estimate of drug-likeness (QED) is 0.478. The van der Waals surface area contributed by atoms with Crippen molar-refractivity contribution in [1.82, 2.24) is 29.5 Å². The van der Waals surface area contributed by atoms with Crippen LogP contribution in [0.25, 0.3) is 15.9 Å². The zero-order chi connectivity index (χ0) is 22.0. The van der Waals surface area contributed by atoms with Crippen LogP contribution in [0, 0.1) is 13.8 Å². The van der Waals surface area contributed by atoms with Gasteiger partial charge >= 0.3 is 0 Å². The Morgan fingerprint density at radius 1 is 1.16 bits per heavy atom. The number of rotatable bonds is 3. The van der Waals surface area contributed by atoms with E-state index >= 15 is 0 Å². The summed E-state index contributed by atoms with van der Waals surface area (Å²) >= 11 is 1.61. The number of benzene rings is 1. The molecule has 6 atom stereocenters. The van der Waals surface area contributed by atoms with Crippen LogP contribution >= 0.6 is 11.3 Å². The lowest BCUT2D eigenvalue weighted by Crippen LogP contribution is -2.52. The van der Waals surface area contributed by atoms with Crippen molar-refractivity contribution in [2.45, 2.75) is 50.4 Å². The Morgan fingerprint density at radius 2 is 2.03 bits per heavy atom. The van der Waals surface area contributed by atoms with Crippen molar-refractivity contribution < 1.29 is 19.7 Å². The number of aliphatic hydroxyl groups excluding tert-OH is 2. The molecule has 2 fully saturated rings. The topological polar surface area (TPSA) is 120 Å². The first-order valence-electron chi connectivity index (χ1n) is 10.4. The number of aromatic nitrogens is 6. The minimum Gasteiger partial charge on any atom is -0.388 e. The molecule has 1 aromatic carbocycles. The van der Waals surface area contributed by atoms with Crippen LogP contribution in [0.2, 0.25) is 0 Å². The Bertz CT molecular complexity index is 1270. The molecule has 0 radical (unpaired) electrons. The summed E-state index contributed by atoms with van der Waals surface area (Å²) in [6.07, 6.45) is -0.365. The molecular formula is C21H22N6O4S.